The summed E-state index contributed by atoms with van der Waals surface area (Å²) in [5.74, 6) is 0.00302. The van der Waals surface area contributed by atoms with Crippen molar-refractivity contribution in [2.75, 3.05) is 40.5 Å². The van der Waals surface area contributed by atoms with Gasteiger partial charge in [0.25, 0.3) is 5.56 Å². The van der Waals surface area contributed by atoms with E-state index in [1.807, 2.05) is 42.2 Å². The molecule has 2 N–H and O–H groups in total. The number of carbonyl (C=O) groups excluding carboxylic acids is 1. The summed E-state index contributed by atoms with van der Waals surface area (Å²) in [6, 6.07) is 9.79. The van der Waals surface area contributed by atoms with Crippen molar-refractivity contribution in [2.24, 2.45) is 0 Å². The molecule has 0 aliphatic rings. The third kappa shape index (κ3) is 7.42. The number of rotatable bonds is 14. The molecule has 0 spiro atoms. The Hall–Kier alpha value is -2.63. The van der Waals surface area contributed by atoms with Crippen LogP contribution in [-0.2, 0) is 33.8 Å². The molecule has 35 heavy (non-hydrogen) atoms. The van der Waals surface area contributed by atoms with Gasteiger partial charge >= 0.3 is 5.97 Å². The van der Waals surface area contributed by atoms with Crippen molar-refractivity contribution in [2.45, 2.75) is 39.0 Å². The molecule has 3 rings (SSSR count). The van der Waals surface area contributed by atoms with Crippen LogP contribution in [0.1, 0.15) is 40.0 Å². The second kappa shape index (κ2) is 13.5. The quantitative estimate of drug-likeness (QED) is 0.255. The van der Waals surface area contributed by atoms with Crippen LogP contribution in [0.25, 0.3) is 10.2 Å². The maximum atomic E-state index is 12.9. The highest BCUT2D eigenvalue weighted by molar-refractivity contribution is 7.20. The number of methoxy groups -OCH3 is 2. The first-order valence-corrected chi connectivity index (χ1v) is 12.4. The minimum absolute atomic E-state index is 0.186. The third-order valence-corrected chi connectivity index (χ3v) is 6.63. The number of nitrogens with one attached hydrogen (secondary N) is 1. The molecule has 0 fully saturated rings. The lowest BCUT2D eigenvalue weighted by Gasteiger charge is -2.24. The molecule has 2 heterocycles. The molecule has 9 nitrogen and oxygen atoms in total. The summed E-state index contributed by atoms with van der Waals surface area (Å²) in [5.41, 5.74) is 1.41. The van der Waals surface area contributed by atoms with Gasteiger partial charge in [-0.25, -0.2) is 9.78 Å². The van der Waals surface area contributed by atoms with Crippen molar-refractivity contribution in [3.8, 4) is 0 Å². The monoisotopic (exact) mass is 503 g/mol. The largest absolute Gasteiger partial charge is 0.465 e. The van der Waals surface area contributed by atoms with Gasteiger partial charge in [0.2, 0.25) is 0 Å². The molecule has 0 amide bonds. The molecule has 0 aliphatic carbocycles. The van der Waals surface area contributed by atoms with Gasteiger partial charge in [-0.1, -0.05) is 37.3 Å². The van der Waals surface area contributed by atoms with Crippen LogP contribution in [0, 0.1) is 0 Å². The van der Waals surface area contributed by atoms with Gasteiger partial charge in [-0.15, -0.1) is 11.3 Å². The lowest BCUT2D eigenvalue weighted by atomic mass is 10.1. The van der Waals surface area contributed by atoms with Crippen molar-refractivity contribution in [3.63, 3.8) is 0 Å². The number of H-pyrrole nitrogens is 1. The lowest BCUT2D eigenvalue weighted by Crippen LogP contribution is -2.36. The molecule has 3 aromatic rings. The number of fused-ring (bicyclic) bond motifs is 1. The summed E-state index contributed by atoms with van der Waals surface area (Å²) in [6.07, 6.45) is 0.565. The number of thiophene rings is 1. The van der Waals surface area contributed by atoms with Crippen LogP contribution in [0.4, 0.5) is 0 Å². The van der Waals surface area contributed by atoms with E-state index in [0.29, 0.717) is 65.8 Å². The van der Waals surface area contributed by atoms with E-state index in [4.69, 9.17) is 14.2 Å². The van der Waals surface area contributed by atoms with Crippen molar-refractivity contribution in [1.82, 2.24) is 14.9 Å². The number of hydrogen-bond donors (Lipinski definition) is 2. The van der Waals surface area contributed by atoms with E-state index in [9.17, 15) is 14.7 Å². The summed E-state index contributed by atoms with van der Waals surface area (Å²) in [4.78, 5) is 35.5. The highest BCUT2D eigenvalue weighted by Gasteiger charge is 2.22. The number of ether oxygens (including phenoxy) is 3. The number of aromatic nitrogens is 2. The minimum atomic E-state index is -0.712. The van der Waals surface area contributed by atoms with Gasteiger partial charge in [0.05, 0.1) is 38.4 Å². The number of hydrogen-bond acceptors (Lipinski definition) is 9. The Balaban J connectivity index is 1.72. The van der Waals surface area contributed by atoms with Crippen molar-refractivity contribution < 1.29 is 24.1 Å². The zero-order valence-electron chi connectivity index (χ0n) is 20.4. The zero-order valence-corrected chi connectivity index (χ0v) is 21.2. The van der Waals surface area contributed by atoms with Crippen molar-refractivity contribution in [1.29, 1.82) is 0 Å². The standard InChI is InChI=1S/C25H33N3O6S/c1-4-19-21-23(30)26-20(27-24(21)35-22(19)25(31)33-3)14-28(11-8-12-32-2)13-18(29)16-34-15-17-9-6-5-7-10-17/h5-7,9-10,18,29H,4,8,11-16H2,1-3H3,(H,26,27,30)/t18-/m0/s1. The van der Waals surface area contributed by atoms with Crippen LogP contribution in [0.3, 0.4) is 0 Å². The number of benzene rings is 1. The third-order valence-electron chi connectivity index (χ3n) is 5.52. The Morgan fingerprint density at radius 1 is 1.26 bits per heavy atom. The SMILES string of the molecule is CCc1c(C(=O)OC)sc2nc(CN(CCCOC)C[C@H](O)COCc3ccccc3)[nH]c(=O)c12. The topological polar surface area (TPSA) is 114 Å². The number of aryl methyl sites for hydroxylation is 1. The maximum Gasteiger partial charge on any atom is 0.348 e. The summed E-state index contributed by atoms with van der Waals surface area (Å²) in [5, 5.41) is 11.0. The first-order chi connectivity index (χ1) is 17.0. The second-order valence-corrected chi connectivity index (χ2v) is 9.18. The molecule has 1 aromatic carbocycles. The van der Waals surface area contributed by atoms with E-state index in [1.54, 1.807) is 7.11 Å². The van der Waals surface area contributed by atoms with Gasteiger partial charge in [0.1, 0.15) is 15.5 Å². The van der Waals surface area contributed by atoms with E-state index in [-0.39, 0.29) is 12.2 Å². The minimum Gasteiger partial charge on any atom is -0.465 e. The van der Waals surface area contributed by atoms with Crippen molar-refractivity contribution in [3.05, 3.63) is 62.5 Å². The predicted octanol–water partition coefficient (Wildman–Crippen LogP) is 2.75. The second-order valence-electron chi connectivity index (χ2n) is 8.18. The molecule has 10 heteroatoms. The fraction of sp³-hybridized carbons (Fsp3) is 0.480. The normalized spacial score (nSPS) is 12.4. The van der Waals surface area contributed by atoms with Crippen LogP contribution in [-0.4, -0.2) is 72.6 Å². The lowest BCUT2D eigenvalue weighted by molar-refractivity contribution is 0.00700. The number of esters is 1. The molecule has 0 radical (unpaired) electrons. The van der Waals surface area contributed by atoms with Gasteiger partial charge in [-0.05, 0) is 24.0 Å². The molecule has 0 saturated heterocycles. The van der Waals surface area contributed by atoms with Crippen LogP contribution in [0.5, 0.6) is 0 Å². The summed E-state index contributed by atoms with van der Waals surface area (Å²) < 4.78 is 15.7. The van der Waals surface area contributed by atoms with E-state index in [0.717, 1.165) is 12.0 Å². The van der Waals surface area contributed by atoms with Crippen LogP contribution in [0.15, 0.2) is 35.1 Å². The molecule has 2 aromatic heterocycles. The number of nitrogens with zero attached hydrogens (tertiary/aromatic N) is 2. The van der Waals surface area contributed by atoms with Gasteiger partial charge in [-0.2, -0.15) is 0 Å². The molecule has 0 saturated carbocycles. The van der Waals surface area contributed by atoms with E-state index in [1.165, 1.54) is 18.4 Å². The first kappa shape index (κ1) is 27.0. The average Bonchev–Trinajstić information content (AvgIpc) is 3.23. The van der Waals surface area contributed by atoms with E-state index < -0.39 is 12.1 Å². The smallest absolute Gasteiger partial charge is 0.348 e. The fourth-order valence-electron chi connectivity index (χ4n) is 3.90. The number of carbonyl (C=O) groups is 1. The summed E-state index contributed by atoms with van der Waals surface area (Å²) in [6.45, 7) is 4.40. The fourth-order valence-corrected chi connectivity index (χ4v) is 5.10. The Bertz CT molecular complexity index is 1150. The summed E-state index contributed by atoms with van der Waals surface area (Å²) in [7, 11) is 2.96. The van der Waals surface area contributed by atoms with Gasteiger partial charge in [-0.3, -0.25) is 9.69 Å². The Kier molecular flexibility index (Phi) is 10.4. The highest BCUT2D eigenvalue weighted by atomic mass is 32.1. The molecular weight excluding hydrogens is 470 g/mol. The first-order valence-electron chi connectivity index (χ1n) is 11.6. The summed E-state index contributed by atoms with van der Waals surface area (Å²) >= 11 is 1.17. The van der Waals surface area contributed by atoms with Gasteiger partial charge in [0.15, 0.2) is 0 Å². The predicted molar refractivity (Wildman–Crippen MR) is 135 cm³/mol. The Morgan fingerprint density at radius 2 is 2.03 bits per heavy atom. The Morgan fingerprint density at radius 3 is 2.71 bits per heavy atom. The van der Waals surface area contributed by atoms with E-state index in [2.05, 4.69) is 9.97 Å². The van der Waals surface area contributed by atoms with E-state index >= 15 is 0 Å². The van der Waals surface area contributed by atoms with Crippen molar-refractivity contribution >= 4 is 27.5 Å². The van der Waals surface area contributed by atoms with Gasteiger partial charge in [0, 0.05) is 26.8 Å². The molecular formula is C25H33N3O6S. The molecule has 1 atom stereocenters. The maximum absolute atomic E-state index is 12.9. The molecule has 190 valence electrons. The number of aliphatic hydroxyl groups is 1. The van der Waals surface area contributed by atoms with Crippen LogP contribution < -0.4 is 5.56 Å². The van der Waals surface area contributed by atoms with Crippen LogP contribution in [0.2, 0.25) is 0 Å². The number of aromatic amines is 1. The molecule has 0 aliphatic heterocycles. The molecule has 0 unspecified atom stereocenters. The average molecular weight is 504 g/mol. The molecule has 0 bridgehead atoms. The number of aliphatic hydroxyl groups excluding tert-OH is 1. The van der Waals surface area contributed by atoms with Gasteiger partial charge < -0.3 is 24.3 Å². The highest BCUT2D eigenvalue weighted by Crippen LogP contribution is 2.29. The van der Waals surface area contributed by atoms with Crippen LogP contribution >= 0.6 is 11.3 Å². The zero-order chi connectivity index (χ0) is 25.2. The Labute approximate surface area is 208 Å².